The van der Waals surface area contributed by atoms with Gasteiger partial charge in [0.05, 0.1) is 35.3 Å². The highest BCUT2D eigenvalue weighted by atomic mass is 16.4. The van der Waals surface area contributed by atoms with Crippen molar-refractivity contribution in [3.63, 3.8) is 0 Å². The van der Waals surface area contributed by atoms with E-state index in [1.807, 2.05) is 36.1 Å². The average molecular weight is 422 g/mol. The van der Waals surface area contributed by atoms with Gasteiger partial charge in [-0.25, -0.2) is 4.98 Å². The Morgan fingerprint density at radius 2 is 1.90 bits per heavy atom. The van der Waals surface area contributed by atoms with Crippen LogP contribution in [0.4, 0.5) is 0 Å². The molecule has 1 aliphatic rings. The molecule has 0 radical (unpaired) electrons. The Morgan fingerprint density at radius 1 is 1.19 bits per heavy atom. The summed E-state index contributed by atoms with van der Waals surface area (Å²) in [5.74, 6) is 1.71. The Morgan fingerprint density at radius 3 is 2.61 bits per heavy atom. The molecule has 3 aromatic rings. The smallest absolute Gasteiger partial charge is 0.256 e. The molecule has 4 rings (SSSR count). The van der Waals surface area contributed by atoms with Crippen LogP contribution in [0.25, 0.3) is 5.69 Å². The molecule has 31 heavy (non-hydrogen) atoms. The zero-order chi connectivity index (χ0) is 22.2. The number of likely N-dealkylation sites (tertiary alicyclic amines) is 1. The summed E-state index contributed by atoms with van der Waals surface area (Å²) < 4.78 is 6.12. The normalized spacial score (nSPS) is 19.6. The second kappa shape index (κ2) is 8.29. The first-order chi connectivity index (χ1) is 14.8. The number of para-hydroxylation sites is 1. The van der Waals surface area contributed by atoms with Crippen molar-refractivity contribution in [1.29, 1.82) is 0 Å². The number of carbonyl (C=O) groups excluding carboxylic acids is 1. The van der Waals surface area contributed by atoms with Crippen LogP contribution in [0.3, 0.4) is 0 Å². The predicted octanol–water partition coefficient (Wildman–Crippen LogP) is 4.66. The van der Waals surface area contributed by atoms with Crippen LogP contribution in [-0.2, 0) is 5.41 Å². The lowest BCUT2D eigenvalue weighted by Crippen LogP contribution is -2.45. The van der Waals surface area contributed by atoms with Gasteiger partial charge in [-0.2, -0.15) is 15.0 Å². The first kappa shape index (κ1) is 21.3. The van der Waals surface area contributed by atoms with Crippen molar-refractivity contribution in [1.82, 2.24) is 24.9 Å². The van der Waals surface area contributed by atoms with Crippen molar-refractivity contribution in [2.45, 2.75) is 71.3 Å². The Hall–Kier alpha value is -2.96. The molecule has 1 aromatic carbocycles. The van der Waals surface area contributed by atoms with Gasteiger partial charge >= 0.3 is 0 Å². The molecule has 1 aliphatic heterocycles. The van der Waals surface area contributed by atoms with Gasteiger partial charge in [0.25, 0.3) is 5.91 Å². The van der Waals surface area contributed by atoms with E-state index in [0.29, 0.717) is 17.8 Å². The van der Waals surface area contributed by atoms with Gasteiger partial charge in [0.15, 0.2) is 5.89 Å². The Balaban J connectivity index is 1.61. The van der Waals surface area contributed by atoms with Crippen molar-refractivity contribution in [3.8, 4) is 5.69 Å². The van der Waals surface area contributed by atoms with Crippen LogP contribution >= 0.6 is 0 Å². The molecule has 0 saturated carbocycles. The molecule has 0 unspecified atom stereocenters. The molecule has 2 aromatic heterocycles. The third kappa shape index (κ3) is 4.01. The van der Waals surface area contributed by atoms with Crippen molar-refractivity contribution in [3.05, 3.63) is 59.6 Å². The SMILES string of the molecule is CCC(C)(C)c1nc([C@@H]2CC[C@@H](C)N(C(=O)c3ccccc3-n3nccn3)C2)oc1C. The number of carbonyl (C=O) groups is 1. The zero-order valence-corrected chi connectivity index (χ0v) is 19.0. The van der Waals surface area contributed by atoms with E-state index in [9.17, 15) is 4.79 Å². The number of aryl methyl sites for hydroxylation is 1. The topological polar surface area (TPSA) is 77.1 Å². The minimum Gasteiger partial charge on any atom is -0.445 e. The van der Waals surface area contributed by atoms with Crippen molar-refractivity contribution < 1.29 is 9.21 Å². The fourth-order valence-corrected chi connectivity index (χ4v) is 4.30. The van der Waals surface area contributed by atoms with Crippen LogP contribution in [0.5, 0.6) is 0 Å². The zero-order valence-electron chi connectivity index (χ0n) is 19.0. The lowest BCUT2D eigenvalue weighted by atomic mass is 9.85. The highest BCUT2D eigenvalue weighted by Crippen LogP contribution is 2.35. The molecule has 0 aliphatic carbocycles. The number of aromatic nitrogens is 4. The fourth-order valence-electron chi connectivity index (χ4n) is 4.30. The fraction of sp³-hybridized carbons (Fsp3) is 0.500. The quantitative estimate of drug-likeness (QED) is 0.599. The van der Waals surface area contributed by atoms with E-state index in [1.54, 1.807) is 12.4 Å². The summed E-state index contributed by atoms with van der Waals surface area (Å²) in [5.41, 5.74) is 2.28. The van der Waals surface area contributed by atoms with Gasteiger partial charge in [0.2, 0.25) is 0 Å². The molecule has 1 saturated heterocycles. The van der Waals surface area contributed by atoms with E-state index < -0.39 is 0 Å². The summed E-state index contributed by atoms with van der Waals surface area (Å²) >= 11 is 0. The first-order valence-corrected chi connectivity index (χ1v) is 11.1. The third-order valence-electron chi connectivity index (χ3n) is 6.60. The average Bonchev–Trinajstić information content (AvgIpc) is 3.44. The van der Waals surface area contributed by atoms with Crippen molar-refractivity contribution in [2.24, 2.45) is 0 Å². The largest absolute Gasteiger partial charge is 0.445 e. The highest BCUT2D eigenvalue weighted by molar-refractivity contribution is 5.98. The summed E-state index contributed by atoms with van der Waals surface area (Å²) in [6, 6.07) is 7.63. The van der Waals surface area contributed by atoms with E-state index in [-0.39, 0.29) is 23.3 Å². The molecule has 164 valence electrons. The van der Waals surface area contributed by atoms with Crippen molar-refractivity contribution in [2.75, 3.05) is 6.54 Å². The van der Waals surface area contributed by atoms with Crippen LogP contribution in [-0.4, -0.2) is 43.4 Å². The van der Waals surface area contributed by atoms with E-state index in [2.05, 4.69) is 37.9 Å². The van der Waals surface area contributed by atoms with Gasteiger partial charge in [-0.15, -0.1) is 0 Å². The van der Waals surface area contributed by atoms with Gasteiger partial charge in [0.1, 0.15) is 5.76 Å². The second-order valence-electron chi connectivity index (χ2n) is 9.11. The van der Waals surface area contributed by atoms with E-state index in [4.69, 9.17) is 9.40 Å². The number of piperidine rings is 1. The molecule has 1 fully saturated rings. The number of amides is 1. The molecule has 0 spiro atoms. The van der Waals surface area contributed by atoms with Crippen LogP contribution < -0.4 is 0 Å². The van der Waals surface area contributed by atoms with Gasteiger partial charge in [0, 0.05) is 18.0 Å². The summed E-state index contributed by atoms with van der Waals surface area (Å²) in [6.45, 7) is 11.2. The molecule has 0 N–H and O–H groups in total. The number of rotatable bonds is 5. The predicted molar refractivity (Wildman–Crippen MR) is 118 cm³/mol. The molecule has 2 atom stereocenters. The monoisotopic (exact) mass is 421 g/mol. The number of benzene rings is 1. The van der Waals surface area contributed by atoms with E-state index in [0.717, 1.165) is 36.6 Å². The third-order valence-corrected chi connectivity index (χ3v) is 6.60. The van der Waals surface area contributed by atoms with Crippen LogP contribution in [0.1, 0.15) is 80.6 Å². The number of oxazole rings is 1. The summed E-state index contributed by atoms with van der Waals surface area (Å²) in [6.07, 6.45) is 6.08. The summed E-state index contributed by atoms with van der Waals surface area (Å²) in [7, 11) is 0. The number of nitrogens with zero attached hydrogens (tertiary/aromatic N) is 5. The highest BCUT2D eigenvalue weighted by Gasteiger charge is 2.35. The van der Waals surface area contributed by atoms with Crippen LogP contribution in [0.2, 0.25) is 0 Å². The van der Waals surface area contributed by atoms with Gasteiger partial charge in [-0.05, 0) is 45.2 Å². The first-order valence-electron chi connectivity index (χ1n) is 11.1. The lowest BCUT2D eigenvalue weighted by molar-refractivity contribution is 0.0596. The Kier molecular flexibility index (Phi) is 5.69. The van der Waals surface area contributed by atoms with Gasteiger partial charge in [-0.1, -0.05) is 32.9 Å². The standard InChI is InChI=1S/C24H31N5O2/c1-6-24(4,5)21-17(3)31-22(27-21)18-12-11-16(2)28(15-18)23(30)19-9-7-8-10-20(19)29-25-13-14-26-29/h7-10,13-14,16,18H,6,11-12,15H2,1-5H3/t16-,18-/m1/s1. The molecule has 3 heterocycles. The lowest BCUT2D eigenvalue weighted by Gasteiger charge is -2.37. The minimum atomic E-state index is -0.0288. The summed E-state index contributed by atoms with van der Waals surface area (Å²) in [4.78, 5) is 21.9. The molecular weight excluding hydrogens is 390 g/mol. The molecular formula is C24H31N5O2. The molecule has 0 bridgehead atoms. The summed E-state index contributed by atoms with van der Waals surface area (Å²) in [5, 5.41) is 8.42. The Labute approximate surface area is 183 Å². The second-order valence-corrected chi connectivity index (χ2v) is 9.11. The number of hydrogen-bond acceptors (Lipinski definition) is 5. The maximum atomic E-state index is 13.6. The maximum absolute atomic E-state index is 13.6. The van der Waals surface area contributed by atoms with Gasteiger partial charge < -0.3 is 9.32 Å². The van der Waals surface area contributed by atoms with Crippen LogP contribution in [0.15, 0.2) is 41.1 Å². The van der Waals surface area contributed by atoms with E-state index >= 15 is 0 Å². The molecule has 7 heteroatoms. The van der Waals surface area contributed by atoms with Crippen molar-refractivity contribution >= 4 is 5.91 Å². The molecule has 7 nitrogen and oxygen atoms in total. The Bertz CT molecular complexity index is 1050. The maximum Gasteiger partial charge on any atom is 0.256 e. The van der Waals surface area contributed by atoms with E-state index in [1.165, 1.54) is 4.80 Å². The minimum absolute atomic E-state index is 0.0116. The van der Waals surface area contributed by atoms with Gasteiger partial charge in [-0.3, -0.25) is 4.79 Å². The molecule has 1 amide bonds. The number of hydrogen-bond donors (Lipinski definition) is 0. The van der Waals surface area contributed by atoms with Crippen LogP contribution in [0, 0.1) is 6.92 Å².